The van der Waals surface area contributed by atoms with Crippen LogP contribution in [0, 0.1) is 0 Å². The Labute approximate surface area is 113 Å². The average Bonchev–Trinajstić information content (AvgIpc) is 2.29. The number of alkyl halides is 4. The van der Waals surface area contributed by atoms with Gasteiger partial charge in [0.1, 0.15) is 5.75 Å². The van der Waals surface area contributed by atoms with E-state index in [1.54, 1.807) is 12.1 Å². The Balaban J connectivity index is 2.32. The van der Waals surface area contributed by atoms with Crippen LogP contribution in [0.3, 0.4) is 0 Å². The Morgan fingerprint density at radius 2 is 1.78 bits per heavy atom. The van der Waals surface area contributed by atoms with E-state index in [9.17, 15) is 13.2 Å². The van der Waals surface area contributed by atoms with E-state index < -0.39 is 6.36 Å². The van der Waals surface area contributed by atoms with Gasteiger partial charge in [-0.1, -0.05) is 28.1 Å². The lowest BCUT2D eigenvalue weighted by molar-refractivity contribution is -0.274. The van der Waals surface area contributed by atoms with E-state index in [1.165, 1.54) is 12.1 Å². The van der Waals surface area contributed by atoms with Crippen LogP contribution in [-0.2, 0) is 6.54 Å². The van der Waals surface area contributed by atoms with Gasteiger partial charge in [0, 0.05) is 11.9 Å². The Morgan fingerprint density at radius 3 is 2.33 bits per heavy atom. The summed E-state index contributed by atoms with van der Waals surface area (Å²) in [6, 6.07) is 5.89. The highest BCUT2D eigenvalue weighted by atomic mass is 79.9. The van der Waals surface area contributed by atoms with Crippen molar-refractivity contribution in [2.24, 2.45) is 0 Å². The van der Waals surface area contributed by atoms with Gasteiger partial charge in [0.15, 0.2) is 0 Å². The van der Waals surface area contributed by atoms with Crippen molar-refractivity contribution in [1.82, 2.24) is 5.32 Å². The third kappa shape index (κ3) is 6.86. The van der Waals surface area contributed by atoms with Crippen molar-refractivity contribution in [3.8, 4) is 5.75 Å². The fourth-order valence-electron chi connectivity index (χ4n) is 1.39. The van der Waals surface area contributed by atoms with Crippen molar-refractivity contribution in [2.75, 3.05) is 11.9 Å². The molecule has 0 radical (unpaired) electrons. The fourth-order valence-corrected chi connectivity index (χ4v) is 1.78. The van der Waals surface area contributed by atoms with Crippen LogP contribution in [0.15, 0.2) is 24.3 Å². The molecule has 0 aliphatic carbocycles. The molecular weight excluding hydrogens is 311 g/mol. The Bertz CT molecular complexity index is 340. The first kappa shape index (κ1) is 15.3. The lowest BCUT2D eigenvalue weighted by atomic mass is 10.2. The molecule has 0 atom stereocenters. The third-order valence-electron chi connectivity index (χ3n) is 2.22. The number of ether oxygens (including phenoxy) is 1. The molecule has 0 aliphatic heterocycles. The molecule has 0 unspecified atom stereocenters. The highest BCUT2D eigenvalue weighted by Gasteiger charge is 2.30. The van der Waals surface area contributed by atoms with E-state index in [4.69, 9.17) is 0 Å². The maximum absolute atomic E-state index is 11.9. The first-order chi connectivity index (χ1) is 8.51. The molecule has 102 valence electrons. The lowest BCUT2D eigenvalue weighted by Gasteiger charge is -2.09. The van der Waals surface area contributed by atoms with Crippen molar-refractivity contribution in [2.45, 2.75) is 25.7 Å². The van der Waals surface area contributed by atoms with E-state index in [1.807, 2.05) is 0 Å². The van der Waals surface area contributed by atoms with Gasteiger partial charge in [-0.15, -0.1) is 13.2 Å². The monoisotopic (exact) mass is 325 g/mol. The van der Waals surface area contributed by atoms with Gasteiger partial charge in [0.2, 0.25) is 0 Å². The fraction of sp³-hybridized carbons (Fsp3) is 0.500. The van der Waals surface area contributed by atoms with Gasteiger partial charge in [-0.25, -0.2) is 0 Å². The summed E-state index contributed by atoms with van der Waals surface area (Å²) >= 11 is 3.34. The van der Waals surface area contributed by atoms with E-state index >= 15 is 0 Å². The van der Waals surface area contributed by atoms with Gasteiger partial charge in [-0.2, -0.15) is 0 Å². The number of benzene rings is 1. The van der Waals surface area contributed by atoms with Crippen LogP contribution in [0.2, 0.25) is 0 Å². The number of halogens is 4. The van der Waals surface area contributed by atoms with Crippen LogP contribution in [0.5, 0.6) is 5.75 Å². The standard InChI is InChI=1S/C12H15BrF3NO/c13-7-1-2-8-17-9-10-3-5-11(6-4-10)18-12(14,15)16/h3-6,17H,1-2,7-9H2. The molecule has 1 rings (SSSR count). The summed E-state index contributed by atoms with van der Waals surface area (Å²) in [5, 5.41) is 4.20. The van der Waals surface area contributed by atoms with E-state index in [0.717, 1.165) is 30.3 Å². The zero-order valence-corrected chi connectivity index (χ0v) is 11.4. The SMILES string of the molecule is FC(F)(F)Oc1ccc(CNCCCCBr)cc1. The smallest absolute Gasteiger partial charge is 0.406 e. The number of nitrogens with one attached hydrogen (secondary N) is 1. The van der Waals surface area contributed by atoms with Gasteiger partial charge in [0.05, 0.1) is 0 Å². The molecule has 2 nitrogen and oxygen atoms in total. The minimum atomic E-state index is -4.63. The summed E-state index contributed by atoms with van der Waals surface area (Å²) < 4.78 is 39.6. The van der Waals surface area contributed by atoms with Crippen molar-refractivity contribution in [3.05, 3.63) is 29.8 Å². The summed E-state index contributed by atoms with van der Waals surface area (Å²) in [6.07, 6.45) is -2.46. The molecule has 0 aliphatic rings. The predicted molar refractivity (Wildman–Crippen MR) is 67.9 cm³/mol. The largest absolute Gasteiger partial charge is 0.573 e. The predicted octanol–water partition coefficient (Wildman–Crippen LogP) is 3.85. The van der Waals surface area contributed by atoms with Crippen LogP contribution >= 0.6 is 15.9 Å². The van der Waals surface area contributed by atoms with E-state index in [0.29, 0.717) is 6.54 Å². The highest BCUT2D eigenvalue weighted by Crippen LogP contribution is 2.22. The minimum absolute atomic E-state index is 0.189. The second-order valence-corrected chi connectivity index (χ2v) is 4.56. The first-order valence-corrected chi connectivity index (χ1v) is 6.75. The summed E-state index contributed by atoms with van der Waals surface area (Å²) in [6.45, 7) is 1.54. The molecular formula is C12H15BrF3NO. The van der Waals surface area contributed by atoms with Crippen molar-refractivity contribution >= 4 is 15.9 Å². The van der Waals surface area contributed by atoms with Crippen molar-refractivity contribution in [3.63, 3.8) is 0 Å². The third-order valence-corrected chi connectivity index (χ3v) is 2.78. The minimum Gasteiger partial charge on any atom is -0.406 e. The molecule has 0 saturated carbocycles. The van der Waals surface area contributed by atoms with Gasteiger partial charge >= 0.3 is 6.36 Å². The number of hydrogen-bond acceptors (Lipinski definition) is 2. The van der Waals surface area contributed by atoms with Gasteiger partial charge in [-0.05, 0) is 37.1 Å². The second-order valence-electron chi connectivity index (χ2n) is 3.76. The molecule has 0 saturated heterocycles. The van der Waals surface area contributed by atoms with E-state index in [-0.39, 0.29) is 5.75 Å². The van der Waals surface area contributed by atoms with Gasteiger partial charge in [0.25, 0.3) is 0 Å². The molecule has 18 heavy (non-hydrogen) atoms. The molecule has 1 aromatic carbocycles. The van der Waals surface area contributed by atoms with Crippen LogP contribution in [0.25, 0.3) is 0 Å². The quantitative estimate of drug-likeness (QED) is 0.607. The molecule has 6 heteroatoms. The zero-order chi connectivity index (χ0) is 13.4. The Hall–Kier alpha value is -0.750. The molecule has 1 N–H and O–H groups in total. The van der Waals surface area contributed by atoms with Gasteiger partial charge < -0.3 is 10.1 Å². The summed E-state index contributed by atoms with van der Waals surface area (Å²) in [5.41, 5.74) is 0.934. The normalized spacial score (nSPS) is 11.6. The topological polar surface area (TPSA) is 21.3 Å². The molecule has 0 heterocycles. The molecule has 0 aromatic heterocycles. The summed E-state index contributed by atoms with van der Waals surface area (Å²) in [4.78, 5) is 0. The Kier molecular flexibility index (Phi) is 6.49. The number of rotatable bonds is 7. The molecule has 0 amide bonds. The molecule has 0 spiro atoms. The van der Waals surface area contributed by atoms with Crippen LogP contribution in [-0.4, -0.2) is 18.2 Å². The number of hydrogen-bond donors (Lipinski definition) is 1. The number of unbranched alkanes of at least 4 members (excludes halogenated alkanes) is 1. The van der Waals surface area contributed by atoms with E-state index in [2.05, 4.69) is 26.0 Å². The Morgan fingerprint density at radius 1 is 1.11 bits per heavy atom. The lowest BCUT2D eigenvalue weighted by Crippen LogP contribution is -2.17. The molecule has 1 aromatic rings. The average molecular weight is 326 g/mol. The summed E-state index contributed by atoms with van der Waals surface area (Å²) in [5.74, 6) is -0.189. The summed E-state index contributed by atoms with van der Waals surface area (Å²) in [7, 11) is 0. The van der Waals surface area contributed by atoms with Crippen LogP contribution in [0.1, 0.15) is 18.4 Å². The van der Waals surface area contributed by atoms with Crippen molar-refractivity contribution in [1.29, 1.82) is 0 Å². The molecule has 0 bridgehead atoms. The van der Waals surface area contributed by atoms with Gasteiger partial charge in [-0.3, -0.25) is 0 Å². The first-order valence-electron chi connectivity index (χ1n) is 5.62. The zero-order valence-electron chi connectivity index (χ0n) is 9.77. The maximum Gasteiger partial charge on any atom is 0.573 e. The van der Waals surface area contributed by atoms with Crippen molar-refractivity contribution < 1.29 is 17.9 Å². The second kappa shape index (κ2) is 7.63. The highest BCUT2D eigenvalue weighted by molar-refractivity contribution is 9.09. The van der Waals surface area contributed by atoms with Crippen LogP contribution < -0.4 is 10.1 Å². The maximum atomic E-state index is 11.9. The molecule has 0 fully saturated rings. The van der Waals surface area contributed by atoms with Crippen LogP contribution in [0.4, 0.5) is 13.2 Å².